The average Bonchev–Trinajstić information content (AvgIpc) is 3.28. The Morgan fingerprint density at radius 1 is 0.912 bits per heavy atom. The number of benzene rings is 2. The van der Waals surface area contributed by atoms with Gasteiger partial charge >= 0.3 is 0 Å². The highest BCUT2D eigenvalue weighted by atomic mass is 32.2. The lowest BCUT2D eigenvalue weighted by Crippen LogP contribution is -2.13. The number of nitrogens with one attached hydrogen (secondary N) is 1. The Bertz CT molecular complexity index is 1640. The molecule has 0 aliphatic rings. The molecule has 3 aromatic heterocycles. The van der Waals surface area contributed by atoms with Gasteiger partial charge in [0.05, 0.1) is 15.5 Å². The first-order valence-electron chi connectivity index (χ1n) is 9.91. The van der Waals surface area contributed by atoms with Crippen molar-refractivity contribution in [3.8, 4) is 22.6 Å². The number of nitrogens with zero attached hydrogens (tertiary/aromatic N) is 6. The van der Waals surface area contributed by atoms with E-state index in [1.807, 2.05) is 6.07 Å². The number of nitro benzene ring substituents is 1. The van der Waals surface area contributed by atoms with Gasteiger partial charge in [-0.25, -0.2) is 8.42 Å². The number of non-ortho nitro benzene ring substituents is 1. The molecule has 0 amide bonds. The van der Waals surface area contributed by atoms with Crippen LogP contribution in [0, 0.1) is 10.1 Å². The first-order valence-corrected chi connectivity index (χ1v) is 11.4. The van der Waals surface area contributed by atoms with Gasteiger partial charge in [0.1, 0.15) is 0 Å². The van der Waals surface area contributed by atoms with E-state index >= 15 is 0 Å². The lowest BCUT2D eigenvalue weighted by Gasteiger charge is -2.10. The topological polar surface area (TPSA) is 145 Å². The number of fused-ring (bicyclic) bond motifs is 1. The summed E-state index contributed by atoms with van der Waals surface area (Å²) in [5, 5.41) is 23.9. The number of sulfonamides is 1. The zero-order valence-electron chi connectivity index (χ0n) is 17.3. The minimum Gasteiger partial charge on any atom is -0.280 e. The van der Waals surface area contributed by atoms with E-state index in [1.54, 1.807) is 59.4 Å². The molecule has 12 heteroatoms. The molecule has 0 saturated carbocycles. The molecule has 0 radical (unpaired) electrons. The number of hydrogen-bond acceptors (Lipinski definition) is 8. The summed E-state index contributed by atoms with van der Waals surface area (Å²) in [6.07, 6.45) is 3.32. The van der Waals surface area contributed by atoms with Crippen LogP contribution in [0.4, 0.5) is 11.4 Å². The molecule has 0 aliphatic carbocycles. The van der Waals surface area contributed by atoms with E-state index in [2.05, 4.69) is 25.0 Å². The molecule has 0 atom stereocenters. The van der Waals surface area contributed by atoms with Crippen molar-refractivity contribution >= 4 is 27.0 Å². The summed E-state index contributed by atoms with van der Waals surface area (Å²) in [6.45, 7) is 0. The van der Waals surface area contributed by atoms with Crippen molar-refractivity contribution in [1.29, 1.82) is 0 Å². The predicted octanol–water partition coefficient (Wildman–Crippen LogP) is 3.56. The number of anilines is 1. The molecular formula is C22H15N7O4S. The maximum Gasteiger partial charge on any atom is 0.270 e. The first-order chi connectivity index (χ1) is 16.4. The summed E-state index contributed by atoms with van der Waals surface area (Å²) < 4.78 is 29.6. The van der Waals surface area contributed by atoms with Crippen LogP contribution in [-0.4, -0.2) is 38.1 Å². The van der Waals surface area contributed by atoms with E-state index in [4.69, 9.17) is 0 Å². The molecule has 1 N–H and O–H groups in total. The van der Waals surface area contributed by atoms with Crippen LogP contribution in [-0.2, 0) is 10.0 Å². The first kappa shape index (κ1) is 21.2. The molecule has 0 aliphatic heterocycles. The maximum absolute atomic E-state index is 12.8. The molecule has 11 nitrogen and oxygen atoms in total. The zero-order chi connectivity index (χ0) is 23.7. The smallest absolute Gasteiger partial charge is 0.270 e. The van der Waals surface area contributed by atoms with Gasteiger partial charge in [0.25, 0.3) is 15.7 Å². The molecule has 5 aromatic rings. The van der Waals surface area contributed by atoms with Gasteiger partial charge in [-0.3, -0.25) is 19.8 Å². The van der Waals surface area contributed by atoms with Crippen molar-refractivity contribution in [2.45, 2.75) is 4.90 Å². The van der Waals surface area contributed by atoms with Gasteiger partial charge in [0, 0.05) is 41.3 Å². The lowest BCUT2D eigenvalue weighted by molar-refractivity contribution is -0.385. The molecular weight excluding hydrogens is 458 g/mol. The van der Waals surface area contributed by atoms with Gasteiger partial charge in [0.15, 0.2) is 11.5 Å². The highest BCUT2D eigenvalue weighted by Crippen LogP contribution is 2.25. The van der Waals surface area contributed by atoms with Gasteiger partial charge < -0.3 is 0 Å². The van der Waals surface area contributed by atoms with Crippen LogP contribution in [0.25, 0.3) is 28.3 Å². The second kappa shape index (κ2) is 8.33. The Balaban J connectivity index is 1.49. The van der Waals surface area contributed by atoms with Crippen molar-refractivity contribution in [2.24, 2.45) is 0 Å². The van der Waals surface area contributed by atoms with Crippen LogP contribution in [0.1, 0.15) is 0 Å². The summed E-state index contributed by atoms with van der Waals surface area (Å²) in [4.78, 5) is 14.2. The van der Waals surface area contributed by atoms with E-state index in [-0.39, 0.29) is 16.3 Å². The third-order valence-electron chi connectivity index (χ3n) is 4.93. The standard InChI is InChI=1S/C22H15N7O4S/c30-29(31)18-7-2-8-19(13-18)34(32,33)27-17-6-1-4-15(12-17)20-9-10-21-24-25-22(28(21)26-20)16-5-3-11-23-14-16/h1-14,27H. The molecule has 0 fully saturated rings. The quantitative estimate of drug-likeness (QED) is 0.291. The van der Waals surface area contributed by atoms with Crippen molar-refractivity contribution in [2.75, 3.05) is 4.72 Å². The predicted molar refractivity (Wildman–Crippen MR) is 123 cm³/mol. The molecule has 5 rings (SSSR count). The largest absolute Gasteiger partial charge is 0.280 e. The van der Waals surface area contributed by atoms with Gasteiger partial charge in [-0.05, 0) is 42.5 Å². The highest BCUT2D eigenvalue weighted by Gasteiger charge is 2.18. The fourth-order valence-corrected chi connectivity index (χ4v) is 4.43. The van der Waals surface area contributed by atoms with Crippen LogP contribution in [0.3, 0.4) is 0 Å². The molecule has 3 heterocycles. The second-order valence-corrected chi connectivity index (χ2v) is 8.88. The number of rotatable bonds is 6. The molecule has 0 bridgehead atoms. The van der Waals surface area contributed by atoms with Crippen LogP contribution in [0.2, 0.25) is 0 Å². The lowest BCUT2D eigenvalue weighted by atomic mass is 10.1. The second-order valence-electron chi connectivity index (χ2n) is 7.19. The zero-order valence-corrected chi connectivity index (χ0v) is 18.1. The minimum atomic E-state index is -4.04. The number of aromatic nitrogens is 5. The van der Waals surface area contributed by atoms with E-state index in [1.165, 1.54) is 18.2 Å². The molecule has 0 spiro atoms. The van der Waals surface area contributed by atoms with E-state index in [0.717, 1.165) is 11.6 Å². The van der Waals surface area contributed by atoms with Crippen LogP contribution >= 0.6 is 0 Å². The Labute approximate surface area is 192 Å². The Morgan fingerprint density at radius 3 is 2.53 bits per heavy atom. The Hall–Kier alpha value is -4.71. The fraction of sp³-hybridized carbons (Fsp3) is 0. The molecule has 0 unspecified atom stereocenters. The average molecular weight is 473 g/mol. The SMILES string of the molecule is O=[N+]([O-])c1cccc(S(=O)(=O)Nc2cccc(-c3ccc4nnc(-c5cccnc5)n4n3)c2)c1. The van der Waals surface area contributed by atoms with Gasteiger partial charge in [0.2, 0.25) is 0 Å². The van der Waals surface area contributed by atoms with Gasteiger partial charge in [-0.2, -0.15) is 9.61 Å². The van der Waals surface area contributed by atoms with Crippen LogP contribution < -0.4 is 4.72 Å². The van der Waals surface area contributed by atoms with Crippen LogP contribution in [0.5, 0.6) is 0 Å². The molecule has 0 saturated heterocycles. The Morgan fingerprint density at radius 2 is 1.74 bits per heavy atom. The number of nitro groups is 1. The summed E-state index contributed by atoms with van der Waals surface area (Å²) in [5.74, 6) is 0.521. The summed E-state index contributed by atoms with van der Waals surface area (Å²) in [6, 6.07) is 18.7. The normalized spacial score (nSPS) is 11.4. The summed E-state index contributed by atoms with van der Waals surface area (Å²) in [5.41, 5.74) is 2.47. The summed E-state index contributed by atoms with van der Waals surface area (Å²) >= 11 is 0. The third kappa shape index (κ3) is 4.04. The van der Waals surface area contributed by atoms with E-state index in [9.17, 15) is 18.5 Å². The molecule has 2 aromatic carbocycles. The third-order valence-corrected chi connectivity index (χ3v) is 6.31. The minimum absolute atomic E-state index is 0.211. The highest BCUT2D eigenvalue weighted by molar-refractivity contribution is 7.92. The molecule has 168 valence electrons. The fourth-order valence-electron chi connectivity index (χ4n) is 3.34. The number of pyridine rings is 1. The van der Waals surface area contributed by atoms with Gasteiger partial charge in [-0.15, -0.1) is 10.2 Å². The monoisotopic (exact) mass is 473 g/mol. The number of hydrogen-bond donors (Lipinski definition) is 1. The van der Waals surface area contributed by atoms with E-state index < -0.39 is 14.9 Å². The van der Waals surface area contributed by atoms with Crippen molar-refractivity contribution in [3.63, 3.8) is 0 Å². The van der Waals surface area contributed by atoms with Gasteiger partial charge in [-0.1, -0.05) is 18.2 Å². The van der Waals surface area contributed by atoms with Crippen LogP contribution in [0.15, 0.2) is 90.1 Å². The Kier molecular flexibility index (Phi) is 5.18. The van der Waals surface area contributed by atoms with E-state index in [0.29, 0.717) is 22.7 Å². The summed E-state index contributed by atoms with van der Waals surface area (Å²) in [7, 11) is -4.04. The molecule has 34 heavy (non-hydrogen) atoms. The van der Waals surface area contributed by atoms with Crippen molar-refractivity contribution in [1.82, 2.24) is 24.8 Å². The van der Waals surface area contributed by atoms with Crippen molar-refractivity contribution in [3.05, 3.63) is 95.3 Å². The van der Waals surface area contributed by atoms with Crippen molar-refractivity contribution < 1.29 is 13.3 Å². The maximum atomic E-state index is 12.8.